The van der Waals surface area contributed by atoms with E-state index in [1.165, 1.54) is 6.08 Å². The number of hydrogen-bond donors (Lipinski definition) is 2. The van der Waals surface area contributed by atoms with E-state index in [1.807, 2.05) is 72.8 Å². The molecular formula is C24H22N2O2. The highest BCUT2D eigenvalue weighted by Gasteiger charge is 2.05. The molecule has 0 radical (unpaired) electrons. The van der Waals surface area contributed by atoms with Crippen molar-refractivity contribution in [2.24, 2.45) is 0 Å². The Labute approximate surface area is 164 Å². The average Bonchev–Trinajstić information content (AvgIpc) is 2.76. The zero-order chi connectivity index (χ0) is 19.6. The fourth-order valence-corrected chi connectivity index (χ4v) is 2.70. The lowest BCUT2D eigenvalue weighted by Crippen LogP contribution is -2.33. The van der Waals surface area contributed by atoms with E-state index >= 15 is 0 Å². The first-order chi connectivity index (χ1) is 13.7. The van der Waals surface area contributed by atoms with Gasteiger partial charge in [0.2, 0.25) is 5.91 Å². The Balaban J connectivity index is 1.42. The maximum atomic E-state index is 12.2. The first-order valence-corrected chi connectivity index (χ1v) is 9.17. The molecule has 0 fully saturated rings. The van der Waals surface area contributed by atoms with Gasteiger partial charge >= 0.3 is 0 Å². The molecule has 0 aliphatic heterocycles. The standard InChI is InChI=1S/C24H22N2O2/c27-23(16-11-19-7-3-1-4-8-19)25-17-18-26-24(28)22-14-12-21(13-15-22)20-9-5-2-6-10-20/h1-16H,17-18H2,(H,25,27)(H,26,28)/b16-11+. The number of carbonyl (C=O) groups excluding carboxylic acids is 2. The lowest BCUT2D eigenvalue weighted by Gasteiger charge is -2.07. The van der Waals surface area contributed by atoms with Gasteiger partial charge in [0.1, 0.15) is 0 Å². The van der Waals surface area contributed by atoms with Gasteiger partial charge in [-0.05, 0) is 34.9 Å². The summed E-state index contributed by atoms with van der Waals surface area (Å²) in [5.41, 5.74) is 3.73. The summed E-state index contributed by atoms with van der Waals surface area (Å²) in [5.74, 6) is -0.348. The van der Waals surface area contributed by atoms with E-state index in [1.54, 1.807) is 18.2 Å². The molecule has 0 bridgehead atoms. The average molecular weight is 370 g/mol. The van der Waals surface area contributed by atoms with E-state index in [-0.39, 0.29) is 11.8 Å². The summed E-state index contributed by atoms with van der Waals surface area (Å²) < 4.78 is 0. The van der Waals surface area contributed by atoms with Crippen LogP contribution in [0.15, 0.2) is 91.0 Å². The molecule has 0 atom stereocenters. The van der Waals surface area contributed by atoms with Crippen molar-refractivity contribution >= 4 is 17.9 Å². The summed E-state index contributed by atoms with van der Waals surface area (Å²) in [6.45, 7) is 0.732. The summed E-state index contributed by atoms with van der Waals surface area (Å²) in [7, 11) is 0. The number of nitrogens with one attached hydrogen (secondary N) is 2. The maximum Gasteiger partial charge on any atom is 0.251 e. The topological polar surface area (TPSA) is 58.2 Å². The number of carbonyl (C=O) groups is 2. The molecule has 0 spiro atoms. The smallest absolute Gasteiger partial charge is 0.251 e. The van der Waals surface area contributed by atoms with Crippen molar-refractivity contribution in [1.29, 1.82) is 0 Å². The largest absolute Gasteiger partial charge is 0.351 e. The first-order valence-electron chi connectivity index (χ1n) is 9.17. The van der Waals surface area contributed by atoms with Crippen molar-refractivity contribution in [3.63, 3.8) is 0 Å². The van der Waals surface area contributed by atoms with Crippen LogP contribution in [0.25, 0.3) is 17.2 Å². The highest BCUT2D eigenvalue weighted by atomic mass is 16.2. The lowest BCUT2D eigenvalue weighted by molar-refractivity contribution is -0.116. The minimum atomic E-state index is -0.190. The van der Waals surface area contributed by atoms with Gasteiger partial charge in [0.05, 0.1) is 0 Å². The van der Waals surface area contributed by atoms with Gasteiger partial charge in [-0.15, -0.1) is 0 Å². The van der Waals surface area contributed by atoms with Crippen LogP contribution >= 0.6 is 0 Å². The van der Waals surface area contributed by atoms with Gasteiger partial charge < -0.3 is 10.6 Å². The van der Waals surface area contributed by atoms with Crippen LogP contribution in [0, 0.1) is 0 Å². The molecule has 4 nitrogen and oxygen atoms in total. The minimum absolute atomic E-state index is 0.159. The lowest BCUT2D eigenvalue weighted by atomic mass is 10.0. The summed E-state index contributed by atoms with van der Waals surface area (Å²) >= 11 is 0. The summed E-state index contributed by atoms with van der Waals surface area (Å²) in [4.78, 5) is 24.0. The molecule has 3 rings (SSSR count). The molecule has 2 amide bonds. The Kier molecular flexibility index (Phi) is 6.74. The second-order valence-electron chi connectivity index (χ2n) is 6.23. The molecule has 4 heteroatoms. The predicted octanol–water partition coefficient (Wildman–Crippen LogP) is 3.91. The van der Waals surface area contributed by atoms with E-state index in [4.69, 9.17) is 0 Å². The van der Waals surface area contributed by atoms with Crippen LogP contribution in [0.2, 0.25) is 0 Å². The molecule has 2 N–H and O–H groups in total. The van der Waals surface area contributed by atoms with Crippen LogP contribution in [-0.2, 0) is 4.79 Å². The van der Waals surface area contributed by atoms with Crippen molar-refractivity contribution < 1.29 is 9.59 Å². The molecule has 3 aromatic rings. The van der Waals surface area contributed by atoms with Crippen LogP contribution in [0.5, 0.6) is 0 Å². The van der Waals surface area contributed by atoms with Gasteiger partial charge in [0.15, 0.2) is 0 Å². The van der Waals surface area contributed by atoms with Gasteiger partial charge in [0.25, 0.3) is 5.91 Å². The van der Waals surface area contributed by atoms with Crippen molar-refractivity contribution in [1.82, 2.24) is 10.6 Å². The van der Waals surface area contributed by atoms with E-state index in [0.29, 0.717) is 18.7 Å². The summed E-state index contributed by atoms with van der Waals surface area (Å²) in [5, 5.41) is 5.56. The molecule has 0 aliphatic rings. The van der Waals surface area contributed by atoms with Crippen molar-refractivity contribution in [2.45, 2.75) is 0 Å². The fourth-order valence-electron chi connectivity index (χ4n) is 2.70. The third kappa shape index (κ3) is 5.68. The molecule has 3 aromatic carbocycles. The SMILES string of the molecule is O=C(/C=C/c1ccccc1)NCCNC(=O)c1ccc(-c2ccccc2)cc1. The van der Waals surface area contributed by atoms with E-state index in [2.05, 4.69) is 10.6 Å². The van der Waals surface area contributed by atoms with E-state index in [9.17, 15) is 9.59 Å². The number of rotatable bonds is 7. The fraction of sp³-hybridized carbons (Fsp3) is 0.0833. The second kappa shape index (κ2) is 9.88. The van der Waals surface area contributed by atoms with Crippen molar-refractivity contribution in [3.05, 3.63) is 102 Å². The Bertz CT molecular complexity index is 933. The van der Waals surface area contributed by atoms with Gasteiger partial charge in [-0.3, -0.25) is 9.59 Å². The quantitative estimate of drug-likeness (QED) is 0.489. The van der Waals surface area contributed by atoms with Crippen LogP contribution in [0.1, 0.15) is 15.9 Å². The predicted molar refractivity (Wildman–Crippen MR) is 113 cm³/mol. The number of amides is 2. The molecule has 0 unspecified atom stereocenters. The van der Waals surface area contributed by atoms with Gasteiger partial charge in [-0.1, -0.05) is 72.8 Å². The normalized spacial score (nSPS) is 10.6. The third-order valence-corrected chi connectivity index (χ3v) is 4.19. The van der Waals surface area contributed by atoms with Gasteiger partial charge in [-0.2, -0.15) is 0 Å². The Hall–Kier alpha value is -3.66. The first kappa shape index (κ1) is 19.1. The second-order valence-corrected chi connectivity index (χ2v) is 6.23. The summed E-state index contributed by atoms with van der Waals surface area (Å²) in [6, 6.07) is 27.1. The van der Waals surface area contributed by atoms with Gasteiger partial charge in [-0.25, -0.2) is 0 Å². The van der Waals surface area contributed by atoms with Gasteiger partial charge in [0, 0.05) is 24.7 Å². The van der Waals surface area contributed by atoms with Crippen LogP contribution < -0.4 is 10.6 Å². The molecule has 0 saturated carbocycles. The molecule has 140 valence electrons. The van der Waals surface area contributed by atoms with E-state index in [0.717, 1.165) is 16.7 Å². The molecule has 28 heavy (non-hydrogen) atoms. The zero-order valence-corrected chi connectivity index (χ0v) is 15.5. The van der Waals surface area contributed by atoms with Crippen molar-refractivity contribution in [2.75, 3.05) is 13.1 Å². The molecule has 0 aliphatic carbocycles. The number of benzene rings is 3. The molecule has 0 saturated heterocycles. The van der Waals surface area contributed by atoms with Crippen LogP contribution in [-0.4, -0.2) is 24.9 Å². The zero-order valence-electron chi connectivity index (χ0n) is 15.5. The summed E-state index contributed by atoms with van der Waals surface area (Å²) in [6.07, 6.45) is 3.24. The maximum absolute atomic E-state index is 12.2. The molecule has 0 aromatic heterocycles. The third-order valence-electron chi connectivity index (χ3n) is 4.19. The minimum Gasteiger partial charge on any atom is -0.351 e. The molecular weight excluding hydrogens is 348 g/mol. The van der Waals surface area contributed by atoms with Crippen LogP contribution in [0.4, 0.5) is 0 Å². The number of hydrogen-bond acceptors (Lipinski definition) is 2. The Morgan fingerprint density at radius 2 is 1.25 bits per heavy atom. The monoisotopic (exact) mass is 370 g/mol. The Morgan fingerprint density at radius 1 is 0.679 bits per heavy atom. The molecule has 0 heterocycles. The van der Waals surface area contributed by atoms with Crippen LogP contribution in [0.3, 0.4) is 0 Å². The highest BCUT2D eigenvalue weighted by Crippen LogP contribution is 2.19. The van der Waals surface area contributed by atoms with Crippen molar-refractivity contribution in [3.8, 4) is 11.1 Å². The Morgan fingerprint density at radius 3 is 1.93 bits per heavy atom. The highest BCUT2D eigenvalue weighted by molar-refractivity contribution is 5.95. The van der Waals surface area contributed by atoms with E-state index < -0.39 is 0 Å².